The Balaban J connectivity index is 1.47. The van der Waals surface area contributed by atoms with Crippen molar-refractivity contribution in [3.8, 4) is 0 Å². The van der Waals surface area contributed by atoms with Gasteiger partial charge >= 0.3 is 0 Å². The molecule has 4 N–H and O–H groups in total. The van der Waals surface area contributed by atoms with E-state index in [4.69, 9.17) is 17.3 Å². The first-order chi connectivity index (χ1) is 13.4. The van der Waals surface area contributed by atoms with Crippen LogP contribution in [0.3, 0.4) is 0 Å². The molecule has 0 radical (unpaired) electrons. The van der Waals surface area contributed by atoms with Crippen LogP contribution in [0.15, 0.2) is 30.7 Å². The Morgan fingerprint density at radius 3 is 3.11 bits per heavy atom. The molecule has 4 rings (SSSR count). The van der Waals surface area contributed by atoms with Crippen molar-refractivity contribution in [1.29, 1.82) is 0 Å². The molecule has 2 aromatic heterocycles. The van der Waals surface area contributed by atoms with Crippen molar-refractivity contribution in [2.24, 2.45) is 5.73 Å². The number of benzene rings is 1. The second-order valence-electron chi connectivity index (χ2n) is 7.19. The monoisotopic (exact) mass is 402 g/mol. The third kappa shape index (κ3) is 3.29. The Hall–Kier alpha value is -2.71. The second-order valence-corrected chi connectivity index (χ2v) is 7.59. The number of amides is 1. The number of nitrogens with zero attached hydrogens (tertiary/aromatic N) is 3. The van der Waals surface area contributed by atoms with Gasteiger partial charge in [0.2, 0.25) is 0 Å². The molecule has 7 nitrogen and oxygen atoms in total. The maximum Gasteiger partial charge on any atom is 0.251 e. The van der Waals surface area contributed by atoms with E-state index < -0.39 is 11.4 Å². The van der Waals surface area contributed by atoms with Crippen LogP contribution in [0.5, 0.6) is 0 Å². The summed E-state index contributed by atoms with van der Waals surface area (Å²) in [4.78, 5) is 26.1. The number of hydrogen-bond donors (Lipinski definition) is 3. The number of fused-ring (bicyclic) bond motifs is 1. The van der Waals surface area contributed by atoms with Crippen LogP contribution in [-0.4, -0.2) is 46.0 Å². The molecule has 0 spiro atoms. The van der Waals surface area contributed by atoms with Gasteiger partial charge in [0.1, 0.15) is 23.6 Å². The third-order valence-corrected chi connectivity index (χ3v) is 5.50. The Labute approximate surface area is 166 Å². The average molecular weight is 403 g/mol. The number of carbonyl (C=O) groups excluding carboxylic acids is 1. The lowest BCUT2D eigenvalue weighted by atomic mass is 9.99. The highest BCUT2D eigenvalue weighted by atomic mass is 35.5. The van der Waals surface area contributed by atoms with Crippen molar-refractivity contribution in [1.82, 2.24) is 20.3 Å². The summed E-state index contributed by atoms with van der Waals surface area (Å²) in [7, 11) is 0. The molecule has 3 aromatic rings. The topological polar surface area (TPSA) is 99.9 Å². The van der Waals surface area contributed by atoms with Crippen molar-refractivity contribution in [2.45, 2.75) is 18.9 Å². The Morgan fingerprint density at radius 1 is 1.46 bits per heavy atom. The minimum atomic E-state index is -0.628. The van der Waals surface area contributed by atoms with Gasteiger partial charge < -0.3 is 20.9 Å². The molecule has 3 heterocycles. The Bertz CT molecular complexity index is 1050. The van der Waals surface area contributed by atoms with Crippen molar-refractivity contribution < 1.29 is 9.18 Å². The summed E-state index contributed by atoms with van der Waals surface area (Å²) in [6.07, 6.45) is 3.83. The molecular formula is C19H20ClFN6O. The van der Waals surface area contributed by atoms with Crippen molar-refractivity contribution in [3.63, 3.8) is 0 Å². The molecule has 28 heavy (non-hydrogen) atoms. The molecule has 1 amide bonds. The largest absolute Gasteiger partial charge is 0.354 e. The lowest BCUT2D eigenvalue weighted by Gasteiger charge is -2.25. The molecule has 0 bridgehead atoms. The van der Waals surface area contributed by atoms with Gasteiger partial charge in [-0.25, -0.2) is 14.4 Å². The summed E-state index contributed by atoms with van der Waals surface area (Å²) < 4.78 is 13.7. The Morgan fingerprint density at radius 2 is 2.29 bits per heavy atom. The summed E-state index contributed by atoms with van der Waals surface area (Å²) in [6.45, 7) is 3.04. The highest BCUT2D eigenvalue weighted by Gasteiger charge is 2.36. The van der Waals surface area contributed by atoms with Crippen LogP contribution in [0.1, 0.15) is 22.3 Å². The van der Waals surface area contributed by atoms with Crippen LogP contribution >= 0.6 is 11.6 Å². The number of H-pyrrole nitrogens is 1. The quantitative estimate of drug-likeness (QED) is 0.622. The summed E-state index contributed by atoms with van der Waals surface area (Å²) in [5, 5.41) is 4.15. The van der Waals surface area contributed by atoms with Gasteiger partial charge in [-0.2, -0.15) is 0 Å². The smallest absolute Gasteiger partial charge is 0.251 e. The number of halogens is 2. The lowest BCUT2D eigenvalue weighted by molar-refractivity contribution is 0.0944. The van der Waals surface area contributed by atoms with Gasteiger partial charge in [0.05, 0.1) is 15.9 Å². The first-order valence-corrected chi connectivity index (χ1v) is 9.30. The molecule has 0 saturated carbocycles. The SMILES string of the molecule is Cc1c(F)cccc1C(=O)NC[C@@]1(N)CCN(c2ncnc3[nH]cc(Cl)c23)C1. The van der Waals surface area contributed by atoms with Crippen molar-refractivity contribution >= 4 is 34.4 Å². The van der Waals surface area contributed by atoms with Gasteiger partial charge in [-0.15, -0.1) is 0 Å². The predicted octanol–water partition coefficient (Wildman–Crippen LogP) is 2.40. The van der Waals surface area contributed by atoms with Crippen LogP contribution in [0.25, 0.3) is 11.0 Å². The number of nitrogens with one attached hydrogen (secondary N) is 2. The molecular weight excluding hydrogens is 383 g/mol. The standard InChI is InChI=1S/C19H20ClFN6O/c1-11-12(3-2-4-14(11)21)18(28)24-8-19(22)5-6-27(9-19)17-15-13(20)7-23-16(15)25-10-26-17/h2-4,7,10H,5-6,8-9,22H2,1H3,(H,24,28)(H,23,25,26)/t19-/m0/s1. The molecule has 9 heteroatoms. The molecule has 1 aliphatic heterocycles. The zero-order valence-corrected chi connectivity index (χ0v) is 16.1. The number of aromatic nitrogens is 3. The Kier molecular flexibility index (Phi) is 4.68. The number of aromatic amines is 1. The van der Waals surface area contributed by atoms with E-state index in [1.54, 1.807) is 19.2 Å². The van der Waals surface area contributed by atoms with E-state index in [-0.39, 0.29) is 12.5 Å². The number of nitrogens with two attached hydrogens (primary N) is 1. The molecule has 1 atom stereocenters. The van der Waals surface area contributed by atoms with E-state index in [0.29, 0.717) is 41.3 Å². The molecule has 1 fully saturated rings. The fourth-order valence-corrected chi connectivity index (χ4v) is 3.80. The van der Waals surface area contributed by atoms with Crippen molar-refractivity contribution in [3.05, 3.63) is 52.7 Å². The normalized spacial score (nSPS) is 19.4. The van der Waals surface area contributed by atoms with Gasteiger partial charge in [0.25, 0.3) is 5.91 Å². The van der Waals surface area contributed by atoms with E-state index >= 15 is 0 Å². The fourth-order valence-electron chi connectivity index (χ4n) is 3.58. The molecule has 146 valence electrons. The van der Waals surface area contributed by atoms with Crippen molar-refractivity contribution in [2.75, 3.05) is 24.5 Å². The van der Waals surface area contributed by atoms with Crippen LogP contribution in [0.4, 0.5) is 10.2 Å². The van der Waals surface area contributed by atoms with Crippen LogP contribution in [-0.2, 0) is 0 Å². The lowest BCUT2D eigenvalue weighted by Crippen LogP contribution is -2.52. The summed E-state index contributed by atoms with van der Waals surface area (Å²) >= 11 is 6.27. The fraction of sp³-hybridized carbons (Fsp3) is 0.316. The molecule has 1 aliphatic rings. The first-order valence-electron chi connectivity index (χ1n) is 8.93. The molecule has 1 aromatic carbocycles. The van der Waals surface area contributed by atoms with E-state index in [0.717, 1.165) is 11.2 Å². The maximum atomic E-state index is 13.7. The van der Waals surface area contributed by atoms with E-state index in [2.05, 4.69) is 20.3 Å². The second kappa shape index (κ2) is 7.03. The minimum Gasteiger partial charge on any atom is -0.354 e. The molecule has 0 unspecified atom stereocenters. The highest BCUT2D eigenvalue weighted by molar-refractivity contribution is 6.36. The van der Waals surface area contributed by atoms with E-state index in [1.165, 1.54) is 18.5 Å². The zero-order chi connectivity index (χ0) is 19.9. The first kappa shape index (κ1) is 18.6. The zero-order valence-electron chi connectivity index (χ0n) is 15.3. The van der Waals surface area contributed by atoms with Crippen LogP contribution < -0.4 is 16.0 Å². The number of carbonyl (C=O) groups is 1. The molecule has 1 saturated heterocycles. The van der Waals surface area contributed by atoms with Gasteiger partial charge in [-0.3, -0.25) is 4.79 Å². The van der Waals surface area contributed by atoms with E-state index in [9.17, 15) is 9.18 Å². The number of rotatable bonds is 4. The summed E-state index contributed by atoms with van der Waals surface area (Å²) in [5.41, 5.74) is 7.20. The highest BCUT2D eigenvalue weighted by Crippen LogP contribution is 2.33. The number of anilines is 1. The van der Waals surface area contributed by atoms with Crippen LogP contribution in [0, 0.1) is 12.7 Å². The molecule has 0 aliphatic carbocycles. The van der Waals surface area contributed by atoms with Gasteiger partial charge in [-0.05, 0) is 31.0 Å². The number of hydrogen-bond acceptors (Lipinski definition) is 5. The maximum absolute atomic E-state index is 13.7. The predicted molar refractivity (Wildman–Crippen MR) is 106 cm³/mol. The van der Waals surface area contributed by atoms with Gasteiger partial charge in [0.15, 0.2) is 0 Å². The summed E-state index contributed by atoms with van der Waals surface area (Å²) in [6, 6.07) is 4.46. The summed E-state index contributed by atoms with van der Waals surface area (Å²) in [5.74, 6) is -0.0208. The average Bonchev–Trinajstić information content (AvgIpc) is 3.26. The minimum absolute atomic E-state index is 0.271. The van der Waals surface area contributed by atoms with Gasteiger partial charge in [-0.1, -0.05) is 17.7 Å². The van der Waals surface area contributed by atoms with Crippen LogP contribution in [0.2, 0.25) is 5.02 Å². The third-order valence-electron chi connectivity index (χ3n) is 5.20. The van der Waals surface area contributed by atoms with Gasteiger partial charge in [0, 0.05) is 31.4 Å². The van der Waals surface area contributed by atoms with E-state index in [1.807, 2.05) is 4.90 Å².